The number of anilines is 1. The highest BCUT2D eigenvalue weighted by Gasteiger charge is 2.27. The fraction of sp³-hybridized carbons (Fsp3) is 0.250. The number of fused-ring (bicyclic) bond motifs is 1. The molecule has 1 aliphatic rings. The van der Waals surface area contributed by atoms with Gasteiger partial charge in [-0.3, -0.25) is 9.78 Å². The number of hydrogen-bond donors (Lipinski definition) is 2. The van der Waals surface area contributed by atoms with E-state index in [9.17, 15) is 9.90 Å². The van der Waals surface area contributed by atoms with Crippen molar-refractivity contribution >= 4 is 22.5 Å². The van der Waals surface area contributed by atoms with Gasteiger partial charge in [0.15, 0.2) is 5.82 Å². The van der Waals surface area contributed by atoms with Gasteiger partial charge in [0.05, 0.1) is 11.6 Å². The summed E-state index contributed by atoms with van der Waals surface area (Å²) in [7, 11) is 1.79. The number of amides is 1. The highest BCUT2D eigenvalue weighted by Crippen LogP contribution is 2.35. The number of phenols is 1. The first-order valence-electron chi connectivity index (χ1n) is 8.94. The Balaban J connectivity index is 1.77. The first-order valence-corrected chi connectivity index (χ1v) is 8.94. The molecule has 0 saturated carbocycles. The van der Waals surface area contributed by atoms with Crippen molar-refractivity contribution < 1.29 is 9.90 Å². The Kier molecular flexibility index (Phi) is 4.49. The molecule has 4 rings (SSSR count). The van der Waals surface area contributed by atoms with E-state index in [0.29, 0.717) is 28.0 Å². The number of nitriles is 1. The number of nitrogens with zero attached hydrogens (tertiary/aromatic N) is 5. The molecule has 0 spiro atoms. The van der Waals surface area contributed by atoms with Gasteiger partial charge in [0.1, 0.15) is 17.5 Å². The SMILES string of the molecule is CN1CCC[C@H](Nc2nnc(-c3ccc(C#N)cc3O)c3ccncc23)C1=O. The Bertz CT molecular complexity index is 1110. The fourth-order valence-electron chi connectivity index (χ4n) is 3.44. The van der Waals surface area contributed by atoms with Gasteiger partial charge in [-0.2, -0.15) is 5.26 Å². The number of nitrogens with one attached hydrogen (secondary N) is 1. The largest absolute Gasteiger partial charge is 0.507 e. The van der Waals surface area contributed by atoms with Crippen molar-refractivity contribution in [3.8, 4) is 23.1 Å². The Morgan fingerprint density at radius 1 is 1.29 bits per heavy atom. The van der Waals surface area contributed by atoms with E-state index in [2.05, 4.69) is 20.5 Å². The topological polar surface area (TPSA) is 115 Å². The lowest BCUT2D eigenvalue weighted by molar-refractivity contribution is -0.132. The molecule has 3 aromatic rings. The van der Waals surface area contributed by atoms with Crippen molar-refractivity contribution in [2.75, 3.05) is 18.9 Å². The number of likely N-dealkylation sites (tertiary alicyclic amines) is 1. The maximum Gasteiger partial charge on any atom is 0.244 e. The van der Waals surface area contributed by atoms with Crippen LogP contribution in [0.25, 0.3) is 22.0 Å². The molecule has 1 aromatic carbocycles. The van der Waals surface area contributed by atoms with Crippen LogP contribution < -0.4 is 5.32 Å². The smallest absolute Gasteiger partial charge is 0.244 e. The summed E-state index contributed by atoms with van der Waals surface area (Å²) in [5, 5.41) is 32.5. The number of likely N-dealkylation sites (N-methyl/N-ethyl adjacent to an activating group) is 1. The van der Waals surface area contributed by atoms with Gasteiger partial charge in [0.25, 0.3) is 0 Å². The van der Waals surface area contributed by atoms with Crippen LogP contribution in [0.2, 0.25) is 0 Å². The van der Waals surface area contributed by atoms with Gasteiger partial charge in [-0.25, -0.2) is 0 Å². The van der Waals surface area contributed by atoms with E-state index in [4.69, 9.17) is 5.26 Å². The fourth-order valence-corrected chi connectivity index (χ4v) is 3.44. The first kappa shape index (κ1) is 17.7. The summed E-state index contributed by atoms with van der Waals surface area (Å²) in [5.41, 5.74) is 1.32. The lowest BCUT2D eigenvalue weighted by Crippen LogP contribution is -2.45. The maximum absolute atomic E-state index is 12.4. The number of carbonyl (C=O) groups excluding carboxylic acids is 1. The zero-order valence-corrected chi connectivity index (χ0v) is 15.3. The molecule has 8 heteroatoms. The summed E-state index contributed by atoms with van der Waals surface area (Å²) < 4.78 is 0. The van der Waals surface area contributed by atoms with Crippen LogP contribution in [0.1, 0.15) is 18.4 Å². The molecule has 1 fully saturated rings. The number of piperidine rings is 1. The summed E-state index contributed by atoms with van der Waals surface area (Å²) in [5.74, 6) is 0.462. The Morgan fingerprint density at radius 2 is 2.14 bits per heavy atom. The molecule has 1 atom stereocenters. The number of hydrogen-bond acceptors (Lipinski definition) is 7. The van der Waals surface area contributed by atoms with Crippen LogP contribution in [0.3, 0.4) is 0 Å². The van der Waals surface area contributed by atoms with E-state index < -0.39 is 0 Å². The third-order valence-corrected chi connectivity index (χ3v) is 4.93. The average molecular weight is 374 g/mol. The molecule has 1 aliphatic heterocycles. The van der Waals surface area contributed by atoms with E-state index in [1.54, 1.807) is 42.5 Å². The molecule has 3 heterocycles. The third-order valence-electron chi connectivity index (χ3n) is 4.93. The lowest BCUT2D eigenvalue weighted by Gasteiger charge is -2.30. The van der Waals surface area contributed by atoms with Crippen molar-refractivity contribution in [3.05, 3.63) is 42.2 Å². The van der Waals surface area contributed by atoms with Crippen molar-refractivity contribution in [1.29, 1.82) is 5.26 Å². The summed E-state index contributed by atoms with van der Waals surface area (Å²) in [6.45, 7) is 0.752. The monoisotopic (exact) mass is 374 g/mol. The molecule has 8 nitrogen and oxygen atoms in total. The maximum atomic E-state index is 12.4. The van der Waals surface area contributed by atoms with Crippen LogP contribution >= 0.6 is 0 Å². The van der Waals surface area contributed by atoms with Crippen LogP contribution in [0.4, 0.5) is 5.82 Å². The number of aromatic hydroxyl groups is 1. The van der Waals surface area contributed by atoms with Gasteiger partial charge < -0.3 is 15.3 Å². The average Bonchev–Trinajstić information content (AvgIpc) is 2.72. The zero-order chi connectivity index (χ0) is 19.7. The molecule has 0 aliphatic carbocycles. The summed E-state index contributed by atoms with van der Waals surface area (Å²) in [6.07, 6.45) is 4.94. The molecule has 0 radical (unpaired) electrons. The number of rotatable bonds is 3. The number of phenolic OH excluding ortho intramolecular Hbond substituents is 1. The quantitative estimate of drug-likeness (QED) is 0.723. The van der Waals surface area contributed by atoms with Crippen LogP contribution in [-0.2, 0) is 4.79 Å². The van der Waals surface area contributed by atoms with E-state index in [1.807, 2.05) is 6.07 Å². The summed E-state index contributed by atoms with van der Waals surface area (Å²) >= 11 is 0. The van der Waals surface area contributed by atoms with Crippen LogP contribution in [-0.4, -0.2) is 50.7 Å². The predicted molar refractivity (Wildman–Crippen MR) is 103 cm³/mol. The van der Waals surface area contributed by atoms with Crippen molar-refractivity contribution in [3.63, 3.8) is 0 Å². The molecule has 1 saturated heterocycles. The summed E-state index contributed by atoms with van der Waals surface area (Å²) in [6, 6.07) is 8.08. The molecular weight excluding hydrogens is 356 g/mol. The van der Waals surface area contributed by atoms with Crippen molar-refractivity contribution in [2.24, 2.45) is 0 Å². The highest BCUT2D eigenvalue weighted by molar-refractivity contribution is 6.01. The molecular formula is C20H18N6O2. The number of pyridine rings is 1. The molecule has 0 unspecified atom stereocenters. The Labute approximate surface area is 161 Å². The third kappa shape index (κ3) is 3.07. The number of benzene rings is 1. The standard InChI is InChI=1S/C20H18N6O2/c1-26-8-2-3-16(20(26)28)23-19-15-11-22-7-6-13(15)18(24-25-19)14-5-4-12(10-21)9-17(14)27/h4-7,9,11,16,27H,2-3,8H2,1H3,(H,23,25)/t16-/m0/s1. The second kappa shape index (κ2) is 7.12. The molecule has 2 N–H and O–H groups in total. The van der Waals surface area contributed by atoms with E-state index in [1.165, 1.54) is 6.07 Å². The van der Waals surface area contributed by atoms with Gasteiger partial charge in [0.2, 0.25) is 5.91 Å². The van der Waals surface area contributed by atoms with E-state index >= 15 is 0 Å². The van der Waals surface area contributed by atoms with Gasteiger partial charge in [-0.05, 0) is 37.1 Å². The van der Waals surface area contributed by atoms with Gasteiger partial charge in [0, 0.05) is 42.3 Å². The first-order chi connectivity index (χ1) is 13.6. The zero-order valence-electron chi connectivity index (χ0n) is 15.3. The second-order valence-corrected chi connectivity index (χ2v) is 6.76. The lowest BCUT2D eigenvalue weighted by atomic mass is 10.0. The Morgan fingerprint density at radius 3 is 2.93 bits per heavy atom. The minimum atomic E-state index is -0.356. The van der Waals surface area contributed by atoms with E-state index in [-0.39, 0.29) is 17.7 Å². The van der Waals surface area contributed by atoms with Crippen LogP contribution in [0.5, 0.6) is 5.75 Å². The van der Waals surface area contributed by atoms with Crippen molar-refractivity contribution in [1.82, 2.24) is 20.1 Å². The molecule has 0 bridgehead atoms. The predicted octanol–water partition coefficient (Wildman–Crippen LogP) is 2.30. The highest BCUT2D eigenvalue weighted by atomic mass is 16.3. The molecule has 140 valence electrons. The van der Waals surface area contributed by atoms with Gasteiger partial charge in [-0.1, -0.05) is 0 Å². The molecule has 2 aromatic heterocycles. The minimum Gasteiger partial charge on any atom is -0.507 e. The second-order valence-electron chi connectivity index (χ2n) is 6.76. The van der Waals surface area contributed by atoms with E-state index in [0.717, 1.165) is 24.8 Å². The van der Waals surface area contributed by atoms with Gasteiger partial charge in [-0.15, -0.1) is 10.2 Å². The molecule has 28 heavy (non-hydrogen) atoms. The number of carbonyl (C=O) groups is 1. The van der Waals surface area contributed by atoms with Crippen LogP contribution in [0.15, 0.2) is 36.7 Å². The van der Waals surface area contributed by atoms with Gasteiger partial charge >= 0.3 is 0 Å². The van der Waals surface area contributed by atoms with Crippen LogP contribution in [0, 0.1) is 11.3 Å². The number of aromatic nitrogens is 3. The molecule has 1 amide bonds. The minimum absolute atomic E-state index is 0.0268. The summed E-state index contributed by atoms with van der Waals surface area (Å²) in [4.78, 5) is 18.3. The van der Waals surface area contributed by atoms with Crippen molar-refractivity contribution in [2.45, 2.75) is 18.9 Å². The Hall–Kier alpha value is -3.73. The normalized spacial score (nSPS) is 16.8.